The van der Waals surface area contributed by atoms with Crippen LogP contribution in [-0.4, -0.2) is 41.5 Å². The van der Waals surface area contributed by atoms with E-state index in [1.807, 2.05) is 20.2 Å². The summed E-state index contributed by atoms with van der Waals surface area (Å²) < 4.78 is 21.3. The number of amides is 1. The number of carbonyl (C=O) groups is 2. The number of nitrogens with zero attached hydrogens (tertiary/aromatic N) is 2. The number of likely N-dealkylation sites (tertiary alicyclic amines) is 1. The lowest BCUT2D eigenvalue weighted by atomic mass is 9.80. The summed E-state index contributed by atoms with van der Waals surface area (Å²) in [7, 11) is 3.24. The summed E-state index contributed by atoms with van der Waals surface area (Å²) in [6.07, 6.45) is 3.58. The summed E-state index contributed by atoms with van der Waals surface area (Å²) in [4.78, 5) is 27.3. The number of carbonyl (C=O) groups excluding carboxylic acids is 2. The SMILES string of the molecule is COC(=O)c1cc(NC(=O)C2(C)CCCN(Cc3ccc4c(ccn4C)c3)C2)c(F)cc1Cl. The highest BCUT2D eigenvalue weighted by Crippen LogP contribution is 2.33. The molecule has 1 unspecified atom stereocenters. The van der Waals surface area contributed by atoms with E-state index < -0.39 is 17.2 Å². The van der Waals surface area contributed by atoms with Gasteiger partial charge in [0.25, 0.3) is 0 Å². The van der Waals surface area contributed by atoms with Crippen LogP contribution in [0, 0.1) is 11.2 Å². The molecule has 174 valence electrons. The minimum absolute atomic E-state index is 0.00240. The number of methoxy groups -OCH3 is 1. The van der Waals surface area contributed by atoms with Gasteiger partial charge >= 0.3 is 5.97 Å². The van der Waals surface area contributed by atoms with Crippen LogP contribution >= 0.6 is 11.6 Å². The van der Waals surface area contributed by atoms with Gasteiger partial charge in [0.2, 0.25) is 5.91 Å². The molecule has 1 N–H and O–H groups in total. The zero-order valence-corrected chi connectivity index (χ0v) is 19.7. The lowest BCUT2D eigenvalue weighted by molar-refractivity contribution is -0.127. The van der Waals surface area contributed by atoms with Crippen molar-refractivity contribution >= 4 is 40.1 Å². The van der Waals surface area contributed by atoms with Crippen LogP contribution in [-0.2, 0) is 23.1 Å². The molecule has 1 atom stereocenters. The van der Waals surface area contributed by atoms with Crippen molar-refractivity contribution in [2.24, 2.45) is 12.5 Å². The van der Waals surface area contributed by atoms with Gasteiger partial charge in [-0.15, -0.1) is 0 Å². The number of aryl methyl sites for hydroxylation is 1. The van der Waals surface area contributed by atoms with Crippen LogP contribution in [0.15, 0.2) is 42.6 Å². The van der Waals surface area contributed by atoms with Crippen LogP contribution < -0.4 is 5.32 Å². The Hall–Kier alpha value is -2.90. The quantitative estimate of drug-likeness (QED) is 0.532. The molecule has 0 radical (unpaired) electrons. The zero-order valence-electron chi connectivity index (χ0n) is 19.0. The van der Waals surface area contributed by atoms with Gasteiger partial charge in [0, 0.05) is 31.9 Å². The maximum Gasteiger partial charge on any atom is 0.339 e. The minimum atomic E-state index is -0.702. The minimum Gasteiger partial charge on any atom is -0.465 e. The molecular weight excluding hydrogens is 445 g/mol. The maximum absolute atomic E-state index is 14.5. The number of halogens is 2. The van der Waals surface area contributed by atoms with Gasteiger partial charge in [-0.05, 0) is 67.6 Å². The molecule has 1 saturated heterocycles. The van der Waals surface area contributed by atoms with E-state index in [9.17, 15) is 14.0 Å². The number of fused-ring (bicyclic) bond motifs is 1. The lowest BCUT2D eigenvalue weighted by Crippen LogP contribution is -2.47. The Morgan fingerprint density at radius 3 is 2.79 bits per heavy atom. The van der Waals surface area contributed by atoms with Gasteiger partial charge < -0.3 is 14.6 Å². The number of anilines is 1. The number of benzene rings is 2. The van der Waals surface area contributed by atoms with Gasteiger partial charge in [0.1, 0.15) is 5.82 Å². The highest BCUT2D eigenvalue weighted by atomic mass is 35.5. The average molecular weight is 472 g/mol. The van der Waals surface area contributed by atoms with Crippen molar-refractivity contribution in [1.29, 1.82) is 0 Å². The monoisotopic (exact) mass is 471 g/mol. The number of rotatable bonds is 5. The number of hydrogen-bond acceptors (Lipinski definition) is 4. The molecule has 8 heteroatoms. The van der Waals surface area contributed by atoms with Crippen LogP contribution in [0.3, 0.4) is 0 Å². The maximum atomic E-state index is 14.5. The first-order valence-corrected chi connectivity index (χ1v) is 11.2. The van der Waals surface area contributed by atoms with E-state index in [1.165, 1.54) is 29.6 Å². The van der Waals surface area contributed by atoms with Crippen molar-refractivity contribution in [3.63, 3.8) is 0 Å². The molecule has 0 bridgehead atoms. The largest absolute Gasteiger partial charge is 0.465 e. The summed E-state index contributed by atoms with van der Waals surface area (Å²) in [5, 5.41) is 3.79. The van der Waals surface area contributed by atoms with Crippen molar-refractivity contribution < 1.29 is 18.7 Å². The molecule has 3 aromatic rings. The van der Waals surface area contributed by atoms with E-state index in [4.69, 9.17) is 11.6 Å². The first kappa shape index (κ1) is 23.3. The smallest absolute Gasteiger partial charge is 0.339 e. The summed E-state index contributed by atoms with van der Waals surface area (Å²) in [6.45, 7) is 4.06. The number of esters is 1. The summed E-state index contributed by atoms with van der Waals surface area (Å²) in [5.74, 6) is -1.68. The fourth-order valence-electron chi connectivity index (χ4n) is 4.54. The van der Waals surface area contributed by atoms with E-state index >= 15 is 0 Å². The van der Waals surface area contributed by atoms with Gasteiger partial charge in [-0.25, -0.2) is 9.18 Å². The van der Waals surface area contributed by atoms with Crippen molar-refractivity contribution in [3.8, 4) is 0 Å². The molecule has 2 aromatic carbocycles. The van der Waals surface area contributed by atoms with E-state index in [0.717, 1.165) is 25.6 Å². The van der Waals surface area contributed by atoms with Gasteiger partial charge in [-0.1, -0.05) is 17.7 Å². The molecule has 0 spiro atoms. The van der Waals surface area contributed by atoms with Crippen molar-refractivity contribution in [2.45, 2.75) is 26.3 Å². The number of nitrogens with one attached hydrogen (secondary N) is 1. The highest BCUT2D eigenvalue weighted by molar-refractivity contribution is 6.33. The summed E-state index contributed by atoms with van der Waals surface area (Å²) in [5.41, 5.74) is 1.58. The van der Waals surface area contributed by atoms with Crippen LogP contribution in [0.2, 0.25) is 5.02 Å². The Bertz CT molecular complexity index is 1230. The topological polar surface area (TPSA) is 63.6 Å². The number of ether oxygens (including phenoxy) is 1. The Labute approximate surface area is 197 Å². The van der Waals surface area contributed by atoms with Crippen molar-refractivity contribution in [3.05, 3.63) is 64.6 Å². The van der Waals surface area contributed by atoms with Crippen LogP contribution in [0.1, 0.15) is 35.7 Å². The molecule has 1 amide bonds. The molecule has 4 rings (SSSR count). The van der Waals surface area contributed by atoms with Gasteiger partial charge in [-0.3, -0.25) is 9.69 Å². The Morgan fingerprint density at radius 2 is 2.03 bits per heavy atom. The van der Waals surface area contributed by atoms with Gasteiger partial charge in [0.15, 0.2) is 0 Å². The molecule has 1 aromatic heterocycles. The third kappa shape index (κ3) is 4.75. The molecule has 1 fully saturated rings. The Kier molecular flexibility index (Phi) is 6.45. The second kappa shape index (κ2) is 9.15. The fourth-order valence-corrected chi connectivity index (χ4v) is 4.76. The van der Waals surface area contributed by atoms with Crippen molar-refractivity contribution in [1.82, 2.24) is 9.47 Å². The lowest BCUT2D eigenvalue weighted by Gasteiger charge is -2.39. The molecular formula is C25H27ClFN3O3. The normalized spacial score (nSPS) is 18.9. The molecule has 0 aliphatic carbocycles. The van der Waals surface area contributed by atoms with Crippen LogP contribution in [0.4, 0.5) is 10.1 Å². The standard InChI is InChI=1S/C25H27ClFN3O3/c1-25(24(32)28-21-12-18(23(31)33-3)19(26)13-20(21)27)8-4-9-30(15-25)14-16-5-6-22-17(11-16)7-10-29(22)2/h5-7,10-13H,4,8-9,14-15H2,1-3H3,(H,28,32). The predicted molar refractivity (Wildman–Crippen MR) is 127 cm³/mol. The highest BCUT2D eigenvalue weighted by Gasteiger charge is 2.38. The van der Waals surface area contributed by atoms with E-state index in [0.29, 0.717) is 13.0 Å². The second-order valence-corrected chi connectivity index (χ2v) is 9.36. The first-order chi connectivity index (χ1) is 15.7. The van der Waals surface area contributed by atoms with Gasteiger partial charge in [0.05, 0.1) is 28.8 Å². The number of hydrogen-bond donors (Lipinski definition) is 1. The third-order valence-electron chi connectivity index (χ3n) is 6.39. The van der Waals surface area contributed by atoms with Crippen LogP contribution in [0.5, 0.6) is 0 Å². The molecule has 33 heavy (non-hydrogen) atoms. The molecule has 0 saturated carbocycles. The van der Waals surface area contributed by atoms with Crippen LogP contribution in [0.25, 0.3) is 10.9 Å². The van der Waals surface area contributed by atoms with E-state index in [1.54, 1.807) is 0 Å². The Balaban J connectivity index is 1.49. The zero-order chi connectivity index (χ0) is 23.8. The van der Waals surface area contributed by atoms with Crippen molar-refractivity contribution in [2.75, 3.05) is 25.5 Å². The average Bonchev–Trinajstić information content (AvgIpc) is 3.15. The third-order valence-corrected chi connectivity index (χ3v) is 6.70. The first-order valence-electron chi connectivity index (χ1n) is 10.9. The van der Waals surface area contributed by atoms with E-state index in [-0.39, 0.29) is 22.2 Å². The molecule has 6 nitrogen and oxygen atoms in total. The predicted octanol–water partition coefficient (Wildman–Crippen LogP) is 5.00. The summed E-state index contributed by atoms with van der Waals surface area (Å²) in [6, 6.07) is 10.7. The Morgan fingerprint density at radius 1 is 1.24 bits per heavy atom. The molecule has 2 heterocycles. The summed E-state index contributed by atoms with van der Waals surface area (Å²) >= 11 is 5.96. The van der Waals surface area contributed by atoms with E-state index in [2.05, 4.69) is 43.8 Å². The van der Waals surface area contributed by atoms with Gasteiger partial charge in [-0.2, -0.15) is 0 Å². The molecule has 1 aliphatic rings. The fraction of sp³-hybridized carbons (Fsp3) is 0.360. The number of piperidine rings is 1. The number of aromatic nitrogens is 1. The molecule has 1 aliphatic heterocycles. The second-order valence-electron chi connectivity index (χ2n) is 8.95.